The fraction of sp³-hybridized carbons (Fsp3) is 0.433. The largest absolute Gasteiger partial charge is 0.381 e. The molecule has 3 fully saturated rings. The summed E-state index contributed by atoms with van der Waals surface area (Å²) in [5.74, 6) is 1.56. The first kappa shape index (κ1) is 25.8. The highest BCUT2D eigenvalue weighted by Gasteiger charge is 2.36. The molecule has 11 nitrogen and oxygen atoms in total. The van der Waals surface area contributed by atoms with Crippen molar-refractivity contribution in [2.24, 2.45) is 0 Å². The fourth-order valence-corrected chi connectivity index (χ4v) is 6.29. The van der Waals surface area contributed by atoms with Crippen molar-refractivity contribution in [1.82, 2.24) is 24.7 Å². The van der Waals surface area contributed by atoms with Crippen LogP contribution in [0.25, 0.3) is 22.4 Å². The van der Waals surface area contributed by atoms with Crippen molar-refractivity contribution in [2.45, 2.75) is 62.9 Å². The number of amides is 2. The molecule has 2 atom stereocenters. The molecule has 0 spiro atoms. The average Bonchev–Trinajstić information content (AvgIpc) is 3.59. The molecule has 41 heavy (non-hydrogen) atoms. The predicted octanol–water partition coefficient (Wildman–Crippen LogP) is 5.03. The number of fused-ring (bicyclic) bond motifs is 3. The van der Waals surface area contributed by atoms with E-state index in [1.165, 1.54) is 0 Å². The van der Waals surface area contributed by atoms with E-state index >= 15 is 0 Å². The van der Waals surface area contributed by atoms with Gasteiger partial charge in [0.1, 0.15) is 5.82 Å². The molecular weight excluding hydrogens is 520 g/mol. The number of carbonyl (C=O) groups excluding carboxylic acids is 1. The van der Waals surface area contributed by atoms with Crippen molar-refractivity contribution in [3.05, 3.63) is 55.0 Å². The Morgan fingerprint density at radius 1 is 0.927 bits per heavy atom. The minimum Gasteiger partial charge on any atom is -0.381 e. The molecule has 3 aromatic heterocycles. The third kappa shape index (κ3) is 5.34. The zero-order valence-corrected chi connectivity index (χ0v) is 23.1. The fourth-order valence-electron chi connectivity index (χ4n) is 6.29. The van der Waals surface area contributed by atoms with E-state index in [1.807, 2.05) is 30.5 Å². The first-order chi connectivity index (χ1) is 20.1. The van der Waals surface area contributed by atoms with Crippen LogP contribution in [0.4, 0.5) is 22.0 Å². The van der Waals surface area contributed by atoms with Crippen LogP contribution < -0.4 is 15.5 Å². The Kier molecular flexibility index (Phi) is 6.97. The van der Waals surface area contributed by atoms with Crippen LogP contribution in [0, 0.1) is 0 Å². The van der Waals surface area contributed by atoms with Crippen molar-refractivity contribution in [2.75, 3.05) is 35.7 Å². The van der Waals surface area contributed by atoms with Gasteiger partial charge in [0.25, 0.3) is 0 Å². The molecule has 5 heterocycles. The van der Waals surface area contributed by atoms with Gasteiger partial charge in [0.2, 0.25) is 0 Å². The predicted molar refractivity (Wildman–Crippen MR) is 156 cm³/mol. The second-order valence-electron chi connectivity index (χ2n) is 11.1. The third-order valence-corrected chi connectivity index (χ3v) is 8.42. The van der Waals surface area contributed by atoms with Crippen molar-refractivity contribution >= 4 is 34.3 Å². The lowest BCUT2D eigenvalue weighted by atomic mass is 9.93. The molecule has 2 unspecified atom stereocenters. The maximum Gasteiger partial charge on any atom is 0.323 e. The number of hydrogen-bond acceptors (Lipinski definition) is 8. The first-order valence-corrected chi connectivity index (χ1v) is 14.4. The number of methoxy groups -OCH3 is 1. The molecule has 2 amide bonds. The molecule has 7 rings (SSSR count). The number of benzene rings is 1. The third-order valence-electron chi connectivity index (χ3n) is 8.42. The number of urea groups is 1. The molecular formula is C30H34N8O3. The van der Waals surface area contributed by atoms with E-state index in [0.29, 0.717) is 23.3 Å². The zero-order valence-electron chi connectivity index (χ0n) is 23.1. The molecule has 1 saturated carbocycles. The van der Waals surface area contributed by atoms with Crippen molar-refractivity contribution in [3.8, 4) is 11.4 Å². The maximum absolute atomic E-state index is 12.5. The summed E-state index contributed by atoms with van der Waals surface area (Å²) in [6.45, 7) is 1.64. The van der Waals surface area contributed by atoms with E-state index < -0.39 is 0 Å². The summed E-state index contributed by atoms with van der Waals surface area (Å²) >= 11 is 0. The highest BCUT2D eigenvalue weighted by atomic mass is 16.5. The van der Waals surface area contributed by atoms with E-state index in [-0.39, 0.29) is 24.3 Å². The molecule has 0 radical (unpaired) electrons. The van der Waals surface area contributed by atoms with Gasteiger partial charge in [-0.2, -0.15) is 5.10 Å². The van der Waals surface area contributed by atoms with E-state index in [4.69, 9.17) is 24.5 Å². The van der Waals surface area contributed by atoms with Gasteiger partial charge in [-0.1, -0.05) is 0 Å². The molecule has 2 aliphatic heterocycles. The van der Waals surface area contributed by atoms with Crippen molar-refractivity contribution in [1.29, 1.82) is 0 Å². The smallest absolute Gasteiger partial charge is 0.323 e. The standard InChI is InChI=1S/C30H34N8O3/c1-40-23-10-8-22(9-11-23)38-29-26(16-32-38)28(37-17-24-12-13-25(18-37)41-24)35-27(36-29)19-4-6-20(7-5-19)33-30(39)34-21-3-2-14-31-15-21/h2-7,14-16,22-25H,8-13,17-18H2,1H3,(H2,33,34,39). The number of aromatic nitrogens is 5. The maximum atomic E-state index is 12.5. The van der Waals surface area contributed by atoms with Gasteiger partial charge in [0.15, 0.2) is 11.5 Å². The number of anilines is 3. The van der Waals surface area contributed by atoms with Crippen LogP contribution in [0.15, 0.2) is 55.0 Å². The van der Waals surface area contributed by atoms with Crippen LogP contribution >= 0.6 is 0 Å². The van der Waals surface area contributed by atoms with Crippen LogP contribution in [-0.4, -0.2) is 69.3 Å². The molecule has 11 heteroatoms. The summed E-state index contributed by atoms with van der Waals surface area (Å²) in [5, 5.41) is 11.5. The Morgan fingerprint density at radius 3 is 2.39 bits per heavy atom. The Balaban J connectivity index is 1.19. The van der Waals surface area contributed by atoms with Crippen LogP contribution in [0.2, 0.25) is 0 Å². The number of morpholine rings is 1. The summed E-state index contributed by atoms with van der Waals surface area (Å²) < 4.78 is 13.8. The molecule has 4 aromatic rings. The van der Waals surface area contributed by atoms with Crippen molar-refractivity contribution in [3.63, 3.8) is 0 Å². The quantitative estimate of drug-likeness (QED) is 0.341. The number of nitrogens with one attached hydrogen (secondary N) is 2. The summed E-state index contributed by atoms with van der Waals surface area (Å²) in [6, 6.07) is 11.1. The van der Waals surface area contributed by atoms with Gasteiger partial charge in [0, 0.05) is 37.6 Å². The minimum absolute atomic E-state index is 0.241. The van der Waals surface area contributed by atoms with Gasteiger partial charge < -0.3 is 25.0 Å². The Labute approximate surface area is 238 Å². The topological polar surface area (TPSA) is 119 Å². The second-order valence-corrected chi connectivity index (χ2v) is 11.1. The Bertz CT molecular complexity index is 1510. The van der Waals surface area contributed by atoms with E-state index in [1.54, 1.807) is 31.6 Å². The summed E-state index contributed by atoms with van der Waals surface area (Å²) in [5.41, 5.74) is 3.03. The molecule has 1 aromatic carbocycles. The number of carbonyl (C=O) groups is 1. The highest BCUT2D eigenvalue weighted by molar-refractivity contribution is 5.99. The molecule has 212 valence electrons. The monoisotopic (exact) mass is 554 g/mol. The van der Waals surface area contributed by atoms with E-state index in [9.17, 15) is 4.79 Å². The number of pyridine rings is 1. The van der Waals surface area contributed by atoms with Crippen molar-refractivity contribution < 1.29 is 14.3 Å². The number of rotatable bonds is 6. The van der Waals surface area contributed by atoms with Crippen LogP contribution in [0.1, 0.15) is 44.6 Å². The van der Waals surface area contributed by atoms with E-state index in [2.05, 4.69) is 25.2 Å². The molecule has 2 N–H and O–H groups in total. The number of hydrogen-bond donors (Lipinski definition) is 2. The number of nitrogens with zero attached hydrogens (tertiary/aromatic N) is 6. The highest BCUT2D eigenvalue weighted by Crippen LogP contribution is 2.36. The van der Waals surface area contributed by atoms with Gasteiger partial charge >= 0.3 is 6.03 Å². The number of ether oxygens (including phenoxy) is 2. The summed E-state index contributed by atoms with van der Waals surface area (Å²) in [4.78, 5) is 29.0. The normalized spacial score (nSPS) is 24.0. The molecule has 3 aliphatic rings. The second kappa shape index (κ2) is 11.1. The van der Waals surface area contributed by atoms with E-state index in [0.717, 1.165) is 74.0 Å². The van der Waals surface area contributed by atoms with Gasteiger partial charge in [-0.3, -0.25) is 4.98 Å². The van der Waals surface area contributed by atoms with Crippen LogP contribution in [0.3, 0.4) is 0 Å². The van der Waals surface area contributed by atoms with Gasteiger partial charge in [-0.25, -0.2) is 19.4 Å². The van der Waals surface area contributed by atoms with Gasteiger partial charge in [-0.15, -0.1) is 0 Å². The summed E-state index contributed by atoms with van der Waals surface area (Å²) in [6.07, 6.45) is 12.2. The molecule has 2 bridgehead atoms. The van der Waals surface area contributed by atoms with Gasteiger partial charge in [-0.05, 0) is 74.9 Å². The zero-order chi connectivity index (χ0) is 27.8. The average molecular weight is 555 g/mol. The Hall–Kier alpha value is -4.09. The van der Waals surface area contributed by atoms with Crippen LogP contribution in [-0.2, 0) is 9.47 Å². The van der Waals surface area contributed by atoms with Crippen LogP contribution in [0.5, 0.6) is 0 Å². The summed E-state index contributed by atoms with van der Waals surface area (Å²) in [7, 11) is 1.80. The lowest BCUT2D eigenvalue weighted by Crippen LogP contribution is -2.43. The molecule has 2 saturated heterocycles. The SMILES string of the molecule is COC1CCC(n2ncc3c(N4CC5CCC(C4)O5)nc(-c4ccc(NC(=O)Nc5cccnc5)cc4)nc32)CC1. The lowest BCUT2D eigenvalue weighted by Gasteiger charge is -2.33. The first-order valence-electron chi connectivity index (χ1n) is 14.4. The molecule has 1 aliphatic carbocycles. The lowest BCUT2D eigenvalue weighted by molar-refractivity contribution is 0.0303. The Morgan fingerprint density at radius 2 is 1.68 bits per heavy atom. The van der Waals surface area contributed by atoms with Gasteiger partial charge in [0.05, 0.1) is 47.8 Å². The minimum atomic E-state index is -0.334.